The lowest BCUT2D eigenvalue weighted by Gasteiger charge is -2.31. The average Bonchev–Trinajstić information content (AvgIpc) is 2.14. The third-order valence-electron chi connectivity index (χ3n) is 2.56. The van der Waals surface area contributed by atoms with E-state index >= 15 is 0 Å². The summed E-state index contributed by atoms with van der Waals surface area (Å²) in [7, 11) is -1.89. The Morgan fingerprint density at radius 3 is 2.47 bits per heavy atom. The number of rotatable bonds is 2. The Kier molecular flexibility index (Phi) is 3.72. The van der Waals surface area contributed by atoms with Crippen molar-refractivity contribution in [2.45, 2.75) is 25.9 Å². The normalized spacial score (nSPS) is 30.1. The highest BCUT2D eigenvalue weighted by molar-refractivity contribution is 7.91. The summed E-state index contributed by atoms with van der Waals surface area (Å²) in [5.41, 5.74) is 0. The van der Waals surface area contributed by atoms with E-state index in [1.54, 1.807) is 0 Å². The molecule has 2 atom stereocenters. The lowest BCUT2D eigenvalue weighted by atomic mass is 10.1. The maximum absolute atomic E-state index is 11.5. The van der Waals surface area contributed by atoms with Gasteiger partial charge in [0.25, 0.3) is 0 Å². The van der Waals surface area contributed by atoms with E-state index in [9.17, 15) is 13.2 Å². The van der Waals surface area contributed by atoms with Crippen LogP contribution >= 0.6 is 0 Å². The highest BCUT2D eigenvalue weighted by atomic mass is 32.2. The minimum atomic E-state index is -3.14. The van der Waals surface area contributed by atoms with E-state index in [4.69, 9.17) is 0 Å². The van der Waals surface area contributed by atoms with Crippen LogP contribution in [0.25, 0.3) is 0 Å². The molecule has 0 saturated carbocycles. The monoisotopic (exact) mass is 235 g/mol. The van der Waals surface area contributed by atoms with Crippen molar-refractivity contribution in [2.24, 2.45) is 5.92 Å². The summed E-state index contributed by atoms with van der Waals surface area (Å²) in [4.78, 5) is 11.3. The van der Waals surface area contributed by atoms with Crippen LogP contribution in [0.2, 0.25) is 0 Å². The summed E-state index contributed by atoms with van der Waals surface area (Å²) in [6.07, 6.45) is 0. The van der Waals surface area contributed by atoms with E-state index in [-0.39, 0.29) is 23.5 Å². The largest absolute Gasteiger partial charge is 0.468 e. The zero-order chi connectivity index (χ0) is 11.6. The van der Waals surface area contributed by atoms with Crippen LogP contribution in [-0.2, 0) is 19.4 Å². The Labute approximate surface area is 90.1 Å². The molecule has 5 nitrogen and oxygen atoms in total. The number of sulfone groups is 1. The van der Waals surface area contributed by atoms with Gasteiger partial charge in [0, 0.05) is 6.04 Å². The first-order chi connectivity index (χ1) is 6.85. The van der Waals surface area contributed by atoms with Crippen molar-refractivity contribution < 1.29 is 17.9 Å². The molecule has 1 aliphatic rings. The molecule has 0 bridgehead atoms. The zero-order valence-corrected chi connectivity index (χ0v) is 10.0. The van der Waals surface area contributed by atoms with Gasteiger partial charge in [-0.1, -0.05) is 13.8 Å². The number of hydrogen-bond acceptors (Lipinski definition) is 5. The van der Waals surface area contributed by atoms with Gasteiger partial charge < -0.3 is 4.74 Å². The van der Waals surface area contributed by atoms with Crippen molar-refractivity contribution in [3.05, 3.63) is 0 Å². The summed E-state index contributed by atoms with van der Waals surface area (Å²) in [6, 6.07) is -0.894. The number of hydrogen-bond donors (Lipinski definition) is 1. The number of esters is 1. The Balaban J connectivity index is 2.81. The van der Waals surface area contributed by atoms with E-state index in [1.165, 1.54) is 7.11 Å². The lowest BCUT2D eigenvalue weighted by Crippen LogP contribution is -2.57. The molecule has 1 aliphatic heterocycles. The second-order valence-corrected chi connectivity index (χ2v) is 6.32. The number of carbonyl (C=O) groups excluding carboxylic acids is 1. The van der Waals surface area contributed by atoms with Crippen molar-refractivity contribution in [2.75, 3.05) is 18.6 Å². The highest BCUT2D eigenvalue weighted by Gasteiger charge is 2.36. The molecule has 15 heavy (non-hydrogen) atoms. The fraction of sp³-hybridized carbons (Fsp3) is 0.889. The van der Waals surface area contributed by atoms with E-state index in [0.717, 1.165) is 0 Å². The van der Waals surface area contributed by atoms with Crippen molar-refractivity contribution >= 4 is 15.8 Å². The van der Waals surface area contributed by atoms with Gasteiger partial charge in [-0.15, -0.1) is 0 Å². The molecule has 0 aromatic carbocycles. The highest BCUT2D eigenvalue weighted by Crippen LogP contribution is 2.14. The van der Waals surface area contributed by atoms with Gasteiger partial charge in [0.1, 0.15) is 6.04 Å². The molecular formula is C9H17NO4S. The molecule has 1 rings (SSSR count). The van der Waals surface area contributed by atoms with Gasteiger partial charge in [-0.25, -0.2) is 8.42 Å². The molecule has 1 N–H and O–H groups in total. The topological polar surface area (TPSA) is 72.5 Å². The molecular weight excluding hydrogens is 218 g/mol. The van der Waals surface area contributed by atoms with Crippen LogP contribution in [0.1, 0.15) is 13.8 Å². The molecule has 0 aromatic heterocycles. The third-order valence-corrected chi connectivity index (χ3v) is 4.27. The Morgan fingerprint density at radius 1 is 1.40 bits per heavy atom. The van der Waals surface area contributed by atoms with Crippen LogP contribution in [0.15, 0.2) is 0 Å². The second kappa shape index (κ2) is 4.49. The molecule has 1 fully saturated rings. The van der Waals surface area contributed by atoms with Gasteiger partial charge in [0.15, 0.2) is 9.84 Å². The molecule has 0 amide bonds. The summed E-state index contributed by atoms with van der Waals surface area (Å²) in [5, 5.41) is 3.01. The zero-order valence-electron chi connectivity index (χ0n) is 9.19. The number of methoxy groups -OCH3 is 1. The van der Waals surface area contributed by atoms with Crippen LogP contribution in [0.3, 0.4) is 0 Å². The molecule has 0 aromatic rings. The number of ether oxygens (including phenoxy) is 1. The second-order valence-electron chi connectivity index (χ2n) is 4.17. The van der Waals surface area contributed by atoms with Crippen molar-refractivity contribution in [3.8, 4) is 0 Å². The predicted octanol–water partition coefficient (Wildman–Crippen LogP) is -0.429. The molecule has 1 heterocycles. The van der Waals surface area contributed by atoms with Crippen molar-refractivity contribution in [1.82, 2.24) is 5.32 Å². The smallest absolute Gasteiger partial charge is 0.323 e. The van der Waals surface area contributed by atoms with Gasteiger partial charge in [-0.05, 0) is 5.92 Å². The maximum atomic E-state index is 11.5. The molecule has 6 heteroatoms. The van der Waals surface area contributed by atoms with Crippen LogP contribution in [0.5, 0.6) is 0 Å². The first-order valence-electron chi connectivity index (χ1n) is 4.90. The van der Waals surface area contributed by atoms with Crippen molar-refractivity contribution in [1.29, 1.82) is 0 Å². The third kappa shape index (κ3) is 3.17. The average molecular weight is 235 g/mol. The molecule has 0 radical (unpaired) electrons. The van der Waals surface area contributed by atoms with Crippen LogP contribution in [0, 0.1) is 5.92 Å². The molecule has 2 unspecified atom stereocenters. The maximum Gasteiger partial charge on any atom is 0.323 e. The van der Waals surface area contributed by atoms with Gasteiger partial charge >= 0.3 is 5.97 Å². The summed E-state index contributed by atoms with van der Waals surface area (Å²) in [5.74, 6) is -0.405. The minimum absolute atomic E-state index is 0.0954. The first-order valence-corrected chi connectivity index (χ1v) is 6.72. The number of carbonyl (C=O) groups is 1. The van der Waals surface area contributed by atoms with Gasteiger partial charge in [-0.3, -0.25) is 10.1 Å². The standard InChI is InChI=1S/C9H17NO4S/c1-6(2)7-4-15(12,13)5-8(10-7)9(11)14-3/h6-8,10H,4-5H2,1-3H3. The Morgan fingerprint density at radius 2 is 2.00 bits per heavy atom. The summed E-state index contributed by atoms with van der Waals surface area (Å²) < 4.78 is 27.6. The van der Waals surface area contributed by atoms with E-state index in [1.807, 2.05) is 13.8 Å². The molecule has 0 aliphatic carbocycles. The van der Waals surface area contributed by atoms with Crippen LogP contribution in [0.4, 0.5) is 0 Å². The fourth-order valence-corrected chi connectivity index (χ4v) is 3.52. The SMILES string of the molecule is COC(=O)C1CS(=O)(=O)CC(C(C)C)N1. The fourth-order valence-electron chi connectivity index (χ4n) is 1.61. The minimum Gasteiger partial charge on any atom is -0.468 e. The van der Waals surface area contributed by atoms with E-state index in [0.29, 0.717) is 0 Å². The quantitative estimate of drug-likeness (QED) is 0.658. The molecule has 0 spiro atoms. The van der Waals surface area contributed by atoms with Crippen LogP contribution in [-0.4, -0.2) is 45.1 Å². The van der Waals surface area contributed by atoms with E-state index < -0.39 is 21.8 Å². The van der Waals surface area contributed by atoms with Crippen LogP contribution < -0.4 is 5.32 Å². The summed E-state index contributed by atoms with van der Waals surface area (Å²) >= 11 is 0. The van der Waals surface area contributed by atoms with Crippen molar-refractivity contribution in [3.63, 3.8) is 0 Å². The lowest BCUT2D eigenvalue weighted by molar-refractivity contribution is -0.142. The van der Waals surface area contributed by atoms with Gasteiger partial charge in [0.2, 0.25) is 0 Å². The Bertz CT molecular complexity index is 336. The summed E-state index contributed by atoms with van der Waals surface area (Å²) in [6.45, 7) is 3.85. The first kappa shape index (κ1) is 12.4. The van der Waals surface area contributed by atoms with E-state index in [2.05, 4.69) is 10.1 Å². The molecule has 1 saturated heterocycles. The number of nitrogens with one attached hydrogen (secondary N) is 1. The van der Waals surface area contributed by atoms with Gasteiger partial charge in [-0.2, -0.15) is 0 Å². The predicted molar refractivity (Wildman–Crippen MR) is 56.2 cm³/mol. The van der Waals surface area contributed by atoms with Gasteiger partial charge in [0.05, 0.1) is 18.6 Å². The molecule has 88 valence electrons. The Hall–Kier alpha value is -0.620.